The SMILES string of the molecule is C1=CC2=C(CC1)c1c(ccc3[nH]c4ccccc4c13)C21c2ccccc2-c2ccccc21. The Balaban J connectivity index is 1.62. The van der Waals surface area contributed by atoms with Crippen LogP contribution in [0.15, 0.2) is 103 Å². The number of rotatable bonds is 0. The molecule has 0 atom stereocenters. The molecule has 1 N–H and O–H groups in total. The van der Waals surface area contributed by atoms with Crippen LogP contribution < -0.4 is 0 Å². The van der Waals surface area contributed by atoms with Crippen molar-refractivity contribution in [2.24, 2.45) is 0 Å². The van der Waals surface area contributed by atoms with E-state index in [1.165, 1.54) is 66.3 Å². The molecule has 0 saturated heterocycles. The van der Waals surface area contributed by atoms with Crippen molar-refractivity contribution in [2.75, 3.05) is 0 Å². The number of benzene rings is 4. The third-order valence-corrected chi connectivity index (χ3v) is 7.90. The van der Waals surface area contributed by atoms with Gasteiger partial charge < -0.3 is 4.98 Å². The van der Waals surface area contributed by atoms with Crippen LogP contribution in [-0.4, -0.2) is 4.98 Å². The van der Waals surface area contributed by atoms with Gasteiger partial charge in [-0.05, 0) is 69.5 Å². The Hall–Kier alpha value is -3.84. The van der Waals surface area contributed by atoms with Crippen molar-refractivity contribution in [3.05, 3.63) is 125 Å². The third-order valence-electron chi connectivity index (χ3n) is 7.90. The molecule has 1 nitrogen and oxygen atoms in total. The quantitative estimate of drug-likeness (QED) is 0.270. The summed E-state index contributed by atoms with van der Waals surface area (Å²) in [7, 11) is 0. The van der Waals surface area contributed by atoms with Gasteiger partial charge in [-0.2, -0.15) is 0 Å². The van der Waals surface area contributed by atoms with Crippen LogP contribution in [0.3, 0.4) is 0 Å². The molecule has 0 bridgehead atoms. The zero-order valence-corrected chi connectivity index (χ0v) is 17.7. The normalized spacial score (nSPS) is 17.1. The monoisotopic (exact) mass is 407 g/mol. The number of nitrogens with one attached hydrogen (secondary N) is 1. The molecule has 8 rings (SSSR count). The molecule has 0 saturated carbocycles. The van der Waals surface area contributed by atoms with Crippen LogP contribution in [0.5, 0.6) is 0 Å². The molecular formula is C31H21N. The highest BCUT2D eigenvalue weighted by molar-refractivity contribution is 6.15. The molecule has 150 valence electrons. The van der Waals surface area contributed by atoms with Crippen molar-refractivity contribution in [1.29, 1.82) is 0 Å². The molecular weight excluding hydrogens is 386 g/mol. The maximum absolute atomic E-state index is 3.68. The summed E-state index contributed by atoms with van der Waals surface area (Å²) in [6.45, 7) is 0. The number of H-pyrrole nitrogens is 1. The highest BCUT2D eigenvalue weighted by atomic mass is 14.7. The second kappa shape index (κ2) is 5.69. The number of aromatic nitrogens is 1. The van der Waals surface area contributed by atoms with Gasteiger partial charge in [-0.1, -0.05) is 84.9 Å². The average molecular weight is 408 g/mol. The van der Waals surface area contributed by atoms with Gasteiger partial charge in [0.25, 0.3) is 0 Å². The maximum Gasteiger partial charge on any atom is 0.0722 e. The minimum Gasteiger partial charge on any atom is -0.354 e. The predicted octanol–water partition coefficient (Wildman–Crippen LogP) is 7.75. The first-order chi connectivity index (χ1) is 15.9. The summed E-state index contributed by atoms with van der Waals surface area (Å²) in [5.41, 5.74) is 13.8. The highest BCUT2D eigenvalue weighted by Gasteiger charge is 2.52. The van der Waals surface area contributed by atoms with E-state index < -0.39 is 0 Å². The van der Waals surface area contributed by atoms with Crippen molar-refractivity contribution in [3.63, 3.8) is 0 Å². The van der Waals surface area contributed by atoms with Crippen LogP contribution in [-0.2, 0) is 5.41 Å². The van der Waals surface area contributed by atoms with Gasteiger partial charge in [-0.15, -0.1) is 0 Å². The Bertz CT molecular complexity index is 1630. The van der Waals surface area contributed by atoms with E-state index in [2.05, 4.69) is 102 Å². The standard InChI is InChI=1S/C31H21N/c1-5-13-23-19(9-1)20-10-2-6-14-24(20)31(23)25-15-7-3-11-21(25)29-26(31)17-18-28-30(29)22-12-4-8-16-27(22)32-28/h1-2,4-10,12-18,32H,3,11H2. The van der Waals surface area contributed by atoms with Crippen molar-refractivity contribution < 1.29 is 0 Å². The molecule has 0 fully saturated rings. The molecule has 3 aliphatic carbocycles. The lowest BCUT2D eigenvalue weighted by Crippen LogP contribution is -2.27. The summed E-state index contributed by atoms with van der Waals surface area (Å²) >= 11 is 0. The summed E-state index contributed by atoms with van der Waals surface area (Å²) in [4.78, 5) is 3.68. The molecule has 1 spiro atoms. The van der Waals surface area contributed by atoms with E-state index >= 15 is 0 Å². The lowest BCUT2D eigenvalue weighted by atomic mass is 9.69. The van der Waals surface area contributed by atoms with Crippen molar-refractivity contribution in [2.45, 2.75) is 18.3 Å². The third kappa shape index (κ3) is 1.75. The maximum atomic E-state index is 3.68. The highest BCUT2D eigenvalue weighted by Crippen LogP contribution is 2.64. The summed E-state index contributed by atoms with van der Waals surface area (Å²) in [5.74, 6) is 0. The number of allylic oxidation sites excluding steroid dienone is 4. The van der Waals surface area contributed by atoms with Gasteiger partial charge >= 0.3 is 0 Å². The van der Waals surface area contributed by atoms with Crippen LogP contribution in [0.4, 0.5) is 0 Å². The summed E-state index contributed by atoms with van der Waals surface area (Å²) in [6.07, 6.45) is 7.01. The molecule has 3 aliphatic rings. The number of hydrogen-bond donors (Lipinski definition) is 1. The molecule has 1 aromatic heterocycles. The van der Waals surface area contributed by atoms with Gasteiger partial charge in [0.15, 0.2) is 0 Å². The minimum atomic E-state index is -0.221. The lowest BCUT2D eigenvalue weighted by molar-refractivity contribution is 0.781. The number of para-hydroxylation sites is 1. The molecule has 0 aliphatic heterocycles. The molecule has 32 heavy (non-hydrogen) atoms. The largest absolute Gasteiger partial charge is 0.354 e. The van der Waals surface area contributed by atoms with E-state index in [-0.39, 0.29) is 5.41 Å². The lowest BCUT2D eigenvalue weighted by Gasteiger charge is -2.32. The molecule has 5 aromatic rings. The summed E-state index contributed by atoms with van der Waals surface area (Å²) < 4.78 is 0. The summed E-state index contributed by atoms with van der Waals surface area (Å²) in [5, 5.41) is 2.72. The first-order valence-corrected chi connectivity index (χ1v) is 11.5. The van der Waals surface area contributed by atoms with Crippen molar-refractivity contribution in [3.8, 4) is 11.1 Å². The first-order valence-electron chi connectivity index (χ1n) is 11.5. The second-order valence-corrected chi connectivity index (χ2v) is 9.26. The Kier molecular flexibility index (Phi) is 2.99. The van der Waals surface area contributed by atoms with E-state index in [0.29, 0.717) is 0 Å². The number of aromatic amines is 1. The van der Waals surface area contributed by atoms with Gasteiger partial charge in [-0.25, -0.2) is 0 Å². The zero-order chi connectivity index (χ0) is 20.9. The molecule has 1 heteroatoms. The predicted molar refractivity (Wildman–Crippen MR) is 133 cm³/mol. The Labute approximate surface area is 186 Å². The van der Waals surface area contributed by atoms with E-state index in [9.17, 15) is 0 Å². The van der Waals surface area contributed by atoms with Crippen molar-refractivity contribution >= 4 is 27.4 Å². The molecule has 1 heterocycles. The molecule has 0 amide bonds. The molecule has 0 radical (unpaired) electrons. The van der Waals surface area contributed by atoms with Gasteiger partial charge in [0.1, 0.15) is 0 Å². The van der Waals surface area contributed by atoms with Gasteiger partial charge in [0.05, 0.1) is 5.41 Å². The first kappa shape index (κ1) is 16.8. The van der Waals surface area contributed by atoms with E-state index in [0.717, 1.165) is 12.8 Å². The fourth-order valence-corrected chi connectivity index (χ4v) is 6.80. The van der Waals surface area contributed by atoms with Crippen molar-refractivity contribution in [1.82, 2.24) is 4.98 Å². The number of hydrogen-bond acceptors (Lipinski definition) is 0. The van der Waals surface area contributed by atoms with Gasteiger partial charge in [0.2, 0.25) is 0 Å². The van der Waals surface area contributed by atoms with Crippen LogP contribution >= 0.6 is 0 Å². The molecule has 4 aromatic carbocycles. The fourth-order valence-electron chi connectivity index (χ4n) is 6.80. The van der Waals surface area contributed by atoms with Crippen LogP contribution in [0.2, 0.25) is 0 Å². The average Bonchev–Trinajstić information content (AvgIpc) is 3.48. The molecule has 0 unspecified atom stereocenters. The zero-order valence-electron chi connectivity index (χ0n) is 17.7. The van der Waals surface area contributed by atoms with E-state index in [1.807, 2.05) is 0 Å². The Morgan fingerprint density at radius 2 is 1.38 bits per heavy atom. The van der Waals surface area contributed by atoms with E-state index in [1.54, 1.807) is 0 Å². The van der Waals surface area contributed by atoms with E-state index in [4.69, 9.17) is 0 Å². The second-order valence-electron chi connectivity index (χ2n) is 9.26. The Morgan fingerprint density at radius 3 is 2.19 bits per heavy atom. The minimum absolute atomic E-state index is 0.221. The number of fused-ring (bicyclic) bond motifs is 13. The van der Waals surface area contributed by atoms with Crippen LogP contribution in [0.1, 0.15) is 35.1 Å². The topological polar surface area (TPSA) is 15.8 Å². The summed E-state index contributed by atoms with van der Waals surface area (Å²) in [6, 6.07) is 31.6. The van der Waals surface area contributed by atoms with Crippen LogP contribution in [0, 0.1) is 0 Å². The van der Waals surface area contributed by atoms with Gasteiger partial charge in [0, 0.05) is 21.8 Å². The van der Waals surface area contributed by atoms with Gasteiger partial charge in [-0.3, -0.25) is 0 Å². The Morgan fingerprint density at radius 1 is 0.656 bits per heavy atom. The van der Waals surface area contributed by atoms with Crippen LogP contribution in [0.25, 0.3) is 38.5 Å². The fraction of sp³-hybridized carbons (Fsp3) is 0.0968. The smallest absolute Gasteiger partial charge is 0.0722 e.